The molecule has 0 aromatic heterocycles. The van der Waals surface area contributed by atoms with Crippen LogP contribution in [0.2, 0.25) is 0 Å². The molecular formula is C26H28N2O5S. The summed E-state index contributed by atoms with van der Waals surface area (Å²) in [6, 6.07) is 24.1. The number of hydrogen-bond donors (Lipinski definition) is 1. The maximum absolute atomic E-state index is 12.7. The molecule has 178 valence electrons. The molecule has 1 aliphatic rings. The van der Waals surface area contributed by atoms with E-state index in [0.29, 0.717) is 32.1 Å². The number of benzene rings is 3. The molecule has 8 heteroatoms. The maximum Gasteiger partial charge on any atom is 0.258 e. The smallest absolute Gasteiger partial charge is 0.258 e. The van der Waals surface area contributed by atoms with Gasteiger partial charge in [-0.15, -0.1) is 0 Å². The molecule has 34 heavy (non-hydrogen) atoms. The highest BCUT2D eigenvalue weighted by atomic mass is 32.2. The SMILES string of the molecule is C[C@@H](NC(=O)COc1ccc(S(=O)(=O)N2CCOCC2)cc1)c1ccc(-c2ccccc2)cc1. The van der Waals surface area contributed by atoms with Crippen molar-refractivity contribution in [3.8, 4) is 16.9 Å². The van der Waals surface area contributed by atoms with Crippen LogP contribution in [0.1, 0.15) is 18.5 Å². The lowest BCUT2D eigenvalue weighted by Crippen LogP contribution is -2.40. The van der Waals surface area contributed by atoms with Crippen LogP contribution in [0.5, 0.6) is 5.75 Å². The largest absolute Gasteiger partial charge is 0.484 e. The highest BCUT2D eigenvalue weighted by Gasteiger charge is 2.26. The Labute approximate surface area is 200 Å². The Morgan fingerprint density at radius 1 is 0.941 bits per heavy atom. The fourth-order valence-corrected chi connectivity index (χ4v) is 5.16. The van der Waals surface area contributed by atoms with E-state index in [-0.39, 0.29) is 23.5 Å². The van der Waals surface area contributed by atoms with E-state index >= 15 is 0 Å². The van der Waals surface area contributed by atoms with Crippen molar-refractivity contribution >= 4 is 15.9 Å². The molecular weight excluding hydrogens is 452 g/mol. The van der Waals surface area contributed by atoms with Gasteiger partial charge < -0.3 is 14.8 Å². The lowest BCUT2D eigenvalue weighted by Gasteiger charge is -2.26. The molecule has 1 fully saturated rings. The minimum atomic E-state index is -3.56. The number of carbonyl (C=O) groups excluding carboxylic acids is 1. The fourth-order valence-electron chi connectivity index (χ4n) is 3.75. The van der Waals surface area contributed by atoms with Gasteiger partial charge in [0.1, 0.15) is 5.75 Å². The molecule has 1 heterocycles. The van der Waals surface area contributed by atoms with Crippen molar-refractivity contribution in [2.45, 2.75) is 17.9 Å². The number of carbonyl (C=O) groups is 1. The van der Waals surface area contributed by atoms with Crippen LogP contribution in [0, 0.1) is 0 Å². The maximum atomic E-state index is 12.7. The second-order valence-electron chi connectivity index (χ2n) is 8.05. The molecule has 1 amide bonds. The molecule has 0 spiro atoms. The molecule has 1 atom stereocenters. The van der Waals surface area contributed by atoms with Crippen molar-refractivity contribution in [2.24, 2.45) is 0 Å². The molecule has 0 saturated carbocycles. The molecule has 4 rings (SSSR count). The van der Waals surface area contributed by atoms with E-state index in [9.17, 15) is 13.2 Å². The lowest BCUT2D eigenvalue weighted by molar-refractivity contribution is -0.123. The van der Waals surface area contributed by atoms with Gasteiger partial charge in [0.15, 0.2) is 6.61 Å². The van der Waals surface area contributed by atoms with Gasteiger partial charge in [0.25, 0.3) is 5.91 Å². The zero-order chi connectivity index (χ0) is 24.0. The molecule has 1 N–H and O–H groups in total. The molecule has 3 aromatic carbocycles. The van der Waals surface area contributed by atoms with Crippen molar-refractivity contribution in [3.05, 3.63) is 84.4 Å². The van der Waals surface area contributed by atoms with Crippen molar-refractivity contribution in [3.63, 3.8) is 0 Å². The van der Waals surface area contributed by atoms with E-state index in [4.69, 9.17) is 9.47 Å². The van der Waals surface area contributed by atoms with Gasteiger partial charge in [0.05, 0.1) is 24.2 Å². The van der Waals surface area contributed by atoms with Crippen molar-refractivity contribution in [1.82, 2.24) is 9.62 Å². The summed E-state index contributed by atoms with van der Waals surface area (Å²) < 4.78 is 37.6. The number of rotatable bonds is 8. The molecule has 1 aliphatic heterocycles. The molecule has 1 saturated heterocycles. The number of morpholine rings is 1. The topological polar surface area (TPSA) is 84.9 Å². The third kappa shape index (κ3) is 5.83. The van der Waals surface area contributed by atoms with Gasteiger partial charge in [-0.05, 0) is 47.9 Å². The zero-order valence-corrected chi connectivity index (χ0v) is 19.8. The van der Waals surface area contributed by atoms with Crippen molar-refractivity contribution < 1.29 is 22.7 Å². The number of nitrogens with one attached hydrogen (secondary N) is 1. The van der Waals surface area contributed by atoms with Crippen molar-refractivity contribution in [2.75, 3.05) is 32.9 Å². The van der Waals surface area contributed by atoms with E-state index < -0.39 is 10.0 Å². The average Bonchev–Trinajstić information content (AvgIpc) is 2.89. The van der Waals surface area contributed by atoms with Crippen LogP contribution < -0.4 is 10.1 Å². The summed E-state index contributed by atoms with van der Waals surface area (Å²) in [5.74, 6) is 0.167. The molecule has 0 bridgehead atoms. The van der Waals surface area contributed by atoms with Crippen LogP contribution >= 0.6 is 0 Å². The van der Waals surface area contributed by atoms with E-state index in [0.717, 1.165) is 16.7 Å². The van der Waals surface area contributed by atoms with Gasteiger partial charge in [-0.1, -0.05) is 54.6 Å². The number of hydrogen-bond acceptors (Lipinski definition) is 5. The highest BCUT2D eigenvalue weighted by Crippen LogP contribution is 2.22. The van der Waals surface area contributed by atoms with Crippen LogP contribution in [-0.4, -0.2) is 51.5 Å². The second-order valence-corrected chi connectivity index (χ2v) is 9.99. The van der Waals surface area contributed by atoms with E-state index in [1.165, 1.54) is 16.4 Å². The van der Waals surface area contributed by atoms with Gasteiger partial charge in [-0.2, -0.15) is 4.31 Å². The Kier molecular flexibility index (Phi) is 7.62. The molecule has 0 unspecified atom stereocenters. The third-order valence-electron chi connectivity index (χ3n) is 5.70. The summed E-state index contributed by atoms with van der Waals surface area (Å²) in [6.07, 6.45) is 0. The Morgan fingerprint density at radius 3 is 2.21 bits per heavy atom. The molecule has 0 radical (unpaired) electrons. The number of nitrogens with zero attached hydrogens (tertiary/aromatic N) is 1. The Balaban J connectivity index is 1.29. The van der Waals surface area contributed by atoms with Crippen LogP contribution in [0.15, 0.2) is 83.8 Å². The first kappa shape index (κ1) is 23.9. The third-order valence-corrected chi connectivity index (χ3v) is 7.61. The van der Waals surface area contributed by atoms with Crippen LogP contribution in [-0.2, 0) is 19.6 Å². The quantitative estimate of drug-likeness (QED) is 0.532. The lowest BCUT2D eigenvalue weighted by atomic mass is 10.0. The van der Waals surface area contributed by atoms with E-state index in [2.05, 4.69) is 17.4 Å². The van der Waals surface area contributed by atoms with Gasteiger partial charge in [-0.3, -0.25) is 4.79 Å². The predicted octanol–water partition coefficient (Wildman–Crippen LogP) is 3.63. The zero-order valence-electron chi connectivity index (χ0n) is 19.0. The molecule has 0 aliphatic carbocycles. The molecule has 7 nitrogen and oxygen atoms in total. The minimum absolute atomic E-state index is 0.165. The summed E-state index contributed by atoms with van der Waals surface area (Å²) in [7, 11) is -3.56. The monoisotopic (exact) mass is 480 g/mol. The normalized spacial score (nSPS) is 15.4. The van der Waals surface area contributed by atoms with Gasteiger partial charge >= 0.3 is 0 Å². The van der Waals surface area contributed by atoms with Gasteiger partial charge in [0, 0.05) is 13.1 Å². The fraction of sp³-hybridized carbons (Fsp3) is 0.269. The number of ether oxygens (including phenoxy) is 2. The highest BCUT2D eigenvalue weighted by molar-refractivity contribution is 7.89. The van der Waals surface area contributed by atoms with E-state index in [1.54, 1.807) is 12.1 Å². The average molecular weight is 481 g/mol. The molecule has 3 aromatic rings. The van der Waals surface area contributed by atoms with Gasteiger partial charge in [-0.25, -0.2) is 8.42 Å². The predicted molar refractivity (Wildman–Crippen MR) is 130 cm³/mol. The van der Waals surface area contributed by atoms with Crippen LogP contribution in [0.25, 0.3) is 11.1 Å². The number of sulfonamides is 1. The second kappa shape index (κ2) is 10.8. The van der Waals surface area contributed by atoms with Crippen molar-refractivity contribution in [1.29, 1.82) is 0 Å². The van der Waals surface area contributed by atoms with Gasteiger partial charge in [0.2, 0.25) is 10.0 Å². The summed E-state index contributed by atoms with van der Waals surface area (Å²) in [4.78, 5) is 12.6. The first-order valence-corrected chi connectivity index (χ1v) is 12.6. The van der Waals surface area contributed by atoms with Crippen LogP contribution in [0.4, 0.5) is 0 Å². The standard InChI is InChI=1S/C26H28N2O5S/c1-20(21-7-9-23(10-8-21)22-5-3-2-4-6-22)27-26(29)19-33-24-11-13-25(14-12-24)34(30,31)28-15-17-32-18-16-28/h2-14,20H,15-19H2,1H3,(H,27,29)/t20-/m1/s1. The summed E-state index contributed by atoms with van der Waals surface area (Å²) in [5.41, 5.74) is 3.25. The van der Waals surface area contributed by atoms with Crippen LogP contribution in [0.3, 0.4) is 0 Å². The first-order chi connectivity index (χ1) is 16.4. The first-order valence-electron chi connectivity index (χ1n) is 11.2. The minimum Gasteiger partial charge on any atom is -0.484 e. The Hall–Kier alpha value is -3.20. The number of amides is 1. The summed E-state index contributed by atoms with van der Waals surface area (Å²) in [5, 5.41) is 2.93. The Bertz CT molecular complexity index is 1190. The summed E-state index contributed by atoms with van der Waals surface area (Å²) >= 11 is 0. The summed E-state index contributed by atoms with van der Waals surface area (Å²) in [6.45, 7) is 3.22. The van der Waals surface area contributed by atoms with E-state index in [1.807, 2.05) is 49.4 Å². The Morgan fingerprint density at radius 2 is 1.56 bits per heavy atom.